The third kappa shape index (κ3) is 2.24. The summed E-state index contributed by atoms with van der Waals surface area (Å²) in [5.74, 6) is -1.14. The SMILES string of the molecule is O=C(Cn1cnnn1)N1CCc2c(F)ccc(F)c2C1. The van der Waals surface area contributed by atoms with E-state index < -0.39 is 11.6 Å². The smallest absolute Gasteiger partial charge is 0.244 e. The Morgan fingerprint density at radius 3 is 2.70 bits per heavy atom. The van der Waals surface area contributed by atoms with E-state index in [0.29, 0.717) is 18.5 Å². The molecule has 0 saturated heterocycles. The van der Waals surface area contributed by atoms with Gasteiger partial charge in [0, 0.05) is 18.7 Å². The number of benzene rings is 1. The van der Waals surface area contributed by atoms with E-state index >= 15 is 0 Å². The lowest BCUT2D eigenvalue weighted by atomic mass is 9.98. The summed E-state index contributed by atoms with van der Waals surface area (Å²) in [6.07, 6.45) is 1.64. The van der Waals surface area contributed by atoms with E-state index in [9.17, 15) is 13.6 Å². The van der Waals surface area contributed by atoms with Crippen LogP contribution in [0.15, 0.2) is 18.5 Å². The minimum atomic E-state index is -0.485. The third-order valence-electron chi connectivity index (χ3n) is 3.34. The lowest BCUT2D eigenvalue weighted by Crippen LogP contribution is -2.38. The van der Waals surface area contributed by atoms with Crippen LogP contribution >= 0.6 is 0 Å². The minimum Gasteiger partial charge on any atom is -0.336 e. The van der Waals surface area contributed by atoms with Crippen molar-refractivity contribution in [3.63, 3.8) is 0 Å². The largest absolute Gasteiger partial charge is 0.336 e. The van der Waals surface area contributed by atoms with E-state index in [4.69, 9.17) is 0 Å². The molecule has 1 amide bonds. The molecule has 2 aromatic rings. The molecule has 6 nitrogen and oxygen atoms in total. The Bertz CT molecular complexity index is 644. The van der Waals surface area contributed by atoms with Gasteiger partial charge in [0.15, 0.2) is 0 Å². The average molecular weight is 279 g/mol. The molecule has 0 bridgehead atoms. The lowest BCUT2D eigenvalue weighted by Gasteiger charge is -2.29. The molecule has 0 N–H and O–H groups in total. The standard InChI is InChI=1S/C12H11F2N5O/c13-10-1-2-11(14)9-5-18(4-3-8(9)10)12(20)6-19-7-15-16-17-19/h1-2,7H,3-6H2. The third-order valence-corrected chi connectivity index (χ3v) is 3.34. The van der Waals surface area contributed by atoms with Crippen LogP contribution in [0.1, 0.15) is 11.1 Å². The van der Waals surface area contributed by atoms with Gasteiger partial charge in [-0.25, -0.2) is 13.5 Å². The summed E-state index contributed by atoms with van der Waals surface area (Å²) in [7, 11) is 0. The Morgan fingerprint density at radius 2 is 2.00 bits per heavy atom. The van der Waals surface area contributed by atoms with Crippen molar-refractivity contribution in [1.82, 2.24) is 25.1 Å². The molecule has 2 heterocycles. The van der Waals surface area contributed by atoms with E-state index in [-0.39, 0.29) is 24.6 Å². The van der Waals surface area contributed by atoms with Crippen LogP contribution in [0.4, 0.5) is 8.78 Å². The highest BCUT2D eigenvalue weighted by Gasteiger charge is 2.25. The molecule has 1 aliphatic rings. The molecule has 20 heavy (non-hydrogen) atoms. The fourth-order valence-corrected chi connectivity index (χ4v) is 2.30. The van der Waals surface area contributed by atoms with Gasteiger partial charge in [0.25, 0.3) is 0 Å². The molecule has 0 aliphatic carbocycles. The molecule has 0 spiro atoms. The molecular formula is C12H11F2N5O. The van der Waals surface area contributed by atoms with Gasteiger partial charge in [-0.2, -0.15) is 0 Å². The fourth-order valence-electron chi connectivity index (χ4n) is 2.30. The van der Waals surface area contributed by atoms with Crippen LogP contribution in [-0.2, 0) is 24.3 Å². The zero-order valence-corrected chi connectivity index (χ0v) is 10.5. The molecule has 8 heteroatoms. The van der Waals surface area contributed by atoms with Crippen molar-refractivity contribution in [3.8, 4) is 0 Å². The normalized spacial score (nSPS) is 14.2. The summed E-state index contributed by atoms with van der Waals surface area (Å²) in [5.41, 5.74) is 0.609. The van der Waals surface area contributed by atoms with Crippen molar-refractivity contribution in [1.29, 1.82) is 0 Å². The molecule has 0 radical (unpaired) electrons. The molecule has 104 valence electrons. The number of carbonyl (C=O) groups is 1. The Labute approximate surface area is 113 Å². The van der Waals surface area contributed by atoms with Crippen molar-refractivity contribution in [2.24, 2.45) is 0 Å². The molecule has 3 rings (SSSR count). The number of fused-ring (bicyclic) bond motifs is 1. The summed E-state index contributed by atoms with van der Waals surface area (Å²) in [6.45, 7) is 0.410. The number of hydrogen-bond acceptors (Lipinski definition) is 4. The zero-order valence-electron chi connectivity index (χ0n) is 10.5. The first kappa shape index (κ1) is 12.6. The monoisotopic (exact) mass is 279 g/mol. The number of aromatic nitrogens is 4. The molecular weight excluding hydrogens is 268 g/mol. The van der Waals surface area contributed by atoms with Gasteiger partial charge in [-0.15, -0.1) is 5.10 Å². The van der Waals surface area contributed by atoms with Crippen molar-refractivity contribution >= 4 is 5.91 Å². The van der Waals surface area contributed by atoms with Crippen molar-refractivity contribution in [2.45, 2.75) is 19.5 Å². The topological polar surface area (TPSA) is 63.9 Å². The van der Waals surface area contributed by atoms with Crippen molar-refractivity contribution in [2.75, 3.05) is 6.54 Å². The zero-order chi connectivity index (χ0) is 14.1. The number of tetrazole rings is 1. The van der Waals surface area contributed by atoms with Gasteiger partial charge in [-0.1, -0.05) is 0 Å². The second-order valence-electron chi connectivity index (χ2n) is 4.56. The maximum Gasteiger partial charge on any atom is 0.244 e. The van der Waals surface area contributed by atoms with Gasteiger partial charge >= 0.3 is 0 Å². The first-order valence-electron chi connectivity index (χ1n) is 6.09. The summed E-state index contributed by atoms with van der Waals surface area (Å²) < 4.78 is 28.6. The Hall–Kier alpha value is -2.38. The summed E-state index contributed by atoms with van der Waals surface area (Å²) in [5, 5.41) is 10.5. The number of rotatable bonds is 2. The molecule has 1 aliphatic heterocycles. The van der Waals surface area contributed by atoms with Gasteiger partial charge in [0.2, 0.25) is 5.91 Å². The van der Waals surface area contributed by atoms with Crippen molar-refractivity contribution in [3.05, 3.63) is 41.2 Å². The highest BCUT2D eigenvalue weighted by Crippen LogP contribution is 2.24. The first-order chi connectivity index (χ1) is 9.65. The predicted octanol–water partition coefficient (Wildman–Crippen LogP) is 0.536. The molecule has 0 fully saturated rings. The summed E-state index contributed by atoms with van der Waals surface area (Å²) in [6, 6.07) is 2.20. The minimum absolute atomic E-state index is 0.0146. The van der Waals surface area contributed by atoms with Crippen LogP contribution in [-0.4, -0.2) is 37.6 Å². The van der Waals surface area contributed by atoms with E-state index in [0.717, 1.165) is 12.1 Å². The quantitative estimate of drug-likeness (QED) is 0.804. The Balaban J connectivity index is 1.78. The van der Waals surface area contributed by atoms with E-state index in [2.05, 4.69) is 15.5 Å². The Kier molecular flexibility index (Phi) is 3.13. The van der Waals surface area contributed by atoms with Gasteiger partial charge in [0.1, 0.15) is 24.5 Å². The second-order valence-corrected chi connectivity index (χ2v) is 4.56. The number of nitrogens with zero attached hydrogens (tertiary/aromatic N) is 5. The maximum atomic E-state index is 13.7. The Morgan fingerprint density at radius 1 is 1.25 bits per heavy atom. The van der Waals surface area contributed by atoms with Crippen LogP contribution in [0.5, 0.6) is 0 Å². The molecule has 0 atom stereocenters. The van der Waals surface area contributed by atoms with Crippen LogP contribution < -0.4 is 0 Å². The predicted molar refractivity (Wildman–Crippen MR) is 63.3 cm³/mol. The first-order valence-corrected chi connectivity index (χ1v) is 6.09. The molecule has 0 saturated carbocycles. The molecule has 0 unspecified atom stereocenters. The van der Waals surface area contributed by atoms with Crippen LogP contribution in [0, 0.1) is 11.6 Å². The van der Waals surface area contributed by atoms with Gasteiger partial charge in [0.05, 0.1) is 0 Å². The molecule has 1 aromatic carbocycles. The van der Waals surface area contributed by atoms with Crippen LogP contribution in [0.2, 0.25) is 0 Å². The van der Waals surface area contributed by atoms with Crippen LogP contribution in [0.3, 0.4) is 0 Å². The van der Waals surface area contributed by atoms with Gasteiger partial charge in [-0.05, 0) is 34.5 Å². The number of hydrogen-bond donors (Lipinski definition) is 0. The van der Waals surface area contributed by atoms with Crippen molar-refractivity contribution < 1.29 is 13.6 Å². The van der Waals surface area contributed by atoms with Gasteiger partial charge < -0.3 is 4.90 Å². The van der Waals surface area contributed by atoms with Gasteiger partial charge in [-0.3, -0.25) is 4.79 Å². The lowest BCUT2D eigenvalue weighted by molar-refractivity contribution is -0.133. The average Bonchev–Trinajstić information content (AvgIpc) is 2.95. The summed E-state index contributed by atoms with van der Waals surface area (Å²) in [4.78, 5) is 13.5. The maximum absolute atomic E-state index is 13.7. The second kappa shape index (κ2) is 4.95. The summed E-state index contributed by atoms with van der Waals surface area (Å²) >= 11 is 0. The highest BCUT2D eigenvalue weighted by molar-refractivity contribution is 5.76. The number of halogens is 2. The molecule has 1 aromatic heterocycles. The van der Waals surface area contributed by atoms with E-state index in [1.165, 1.54) is 15.9 Å². The van der Waals surface area contributed by atoms with Crippen LogP contribution in [0.25, 0.3) is 0 Å². The number of carbonyl (C=O) groups excluding carboxylic acids is 1. The van der Waals surface area contributed by atoms with E-state index in [1.54, 1.807) is 0 Å². The van der Waals surface area contributed by atoms with E-state index in [1.807, 2.05) is 0 Å². The fraction of sp³-hybridized carbons (Fsp3) is 0.333. The highest BCUT2D eigenvalue weighted by atomic mass is 19.1. The number of amides is 1.